The molecule has 0 fully saturated rings. The summed E-state index contributed by atoms with van der Waals surface area (Å²) in [5.41, 5.74) is 1.32. The zero-order valence-corrected chi connectivity index (χ0v) is 12.9. The van der Waals surface area contributed by atoms with E-state index in [0.717, 1.165) is 23.3 Å². The minimum atomic E-state index is -0.801. The average molecular weight is 286 g/mol. The predicted octanol–water partition coefficient (Wildman–Crippen LogP) is 2.61. The molecule has 1 N–H and O–H groups in total. The molecule has 1 atom stereocenters. The maximum Gasteiger partial charge on any atom is 0.225 e. The predicted molar refractivity (Wildman–Crippen MR) is 81.0 cm³/mol. The highest BCUT2D eigenvalue weighted by Crippen LogP contribution is 2.26. The van der Waals surface area contributed by atoms with Gasteiger partial charge in [0.25, 0.3) is 0 Å². The normalized spacial score (nSPS) is 15.8. The molecular weight excluding hydrogens is 264 g/mol. The second-order valence-corrected chi connectivity index (χ2v) is 6.31. The van der Waals surface area contributed by atoms with Crippen molar-refractivity contribution in [3.8, 4) is 11.8 Å². The van der Waals surface area contributed by atoms with Gasteiger partial charge in [-0.2, -0.15) is 5.26 Å². The van der Waals surface area contributed by atoms with E-state index in [0.29, 0.717) is 25.4 Å². The van der Waals surface area contributed by atoms with Crippen molar-refractivity contribution in [2.45, 2.75) is 45.6 Å². The number of carbonyl (C=O) groups excluding carboxylic acids is 1. The summed E-state index contributed by atoms with van der Waals surface area (Å²) in [7, 11) is 0. The molecule has 0 spiro atoms. The van der Waals surface area contributed by atoms with Gasteiger partial charge in [-0.25, -0.2) is 0 Å². The Morgan fingerprint density at radius 3 is 2.95 bits per heavy atom. The van der Waals surface area contributed by atoms with E-state index in [1.807, 2.05) is 32.0 Å². The second kappa shape index (κ2) is 6.17. The molecule has 1 heterocycles. The van der Waals surface area contributed by atoms with Gasteiger partial charge in [0.1, 0.15) is 11.3 Å². The minimum absolute atomic E-state index is 0.112. The summed E-state index contributed by atoms with van der Waals surface area (Å²) < 4.78 is 5.46. The molecule has 4 heteroatoms. The summed E-state index contributed by atoms with van der Waals surface area (Å²) in [6.07, 6.45) is 1.84. The van der Waals surface area contributed by atoms with Crippen LogP contribution in [0.25, 0.3) is 0 Å². The first-order valence-electron chi connectivity index (χ1n) is 7.39. The molecule has 1 unspecified atom stereocenters. The summed E-state index contributed by atoms with van der Waals surface area (Å²) in [5, 5.41) is 12.2. The third-order valence-electron chi connectivity index (χ3n) is 3.60. The van der Waals surface area contributed by atoms with Crippen molar-refractivity contribution in [1.29, 1.82) is 5.26 Å². The van der Waals surface area contributed by atoms with Crippen LogP contribution in [-0.2, 0) is 17.6 Å². The van der Waals surface area contributed by atoms with Gasteiger partial charge < -0.3 is 10.1 Å². The zero-order valence-electron chi connectivity index (χ0n) is 12.9. The number of nitrogens with one attached hydrogen (secondary N) is 1. The number of nitriles is 1. The van der Waals surface area contributed by atoms with Crippen LogP contribution >= 0.6 is 0 Å². The van der Waals surface area contributed by atoms with Crippen LogP contribution in [0.15, 0.2) is 18.2 Å². The standard InChI is InChI=1S/C17H22N2O2/c1-12(2)10-17(3,11-18)19-16(20)9-13-4-5-15-14(8-13)6-7-21-15/h4-5,8,12H,6-7,9-10H2,1-3H3,(H,19,20). The third-order valence-corrected chi connectivity index (χ3v) is 3.60. The van der Waals surface area contributed by atoms with Crippen molar-refractivity contribution in [1.82, 2.24) is 5.32 Å². The van der Waals surface area contributed by atoms with E-state index in [4.69, 9.17) is 4.74 Å². The highest BCUT2D eigenvalue weighted by atomic mass is 16.5. The third kappa shape index (κ3) is 3.98. The number of amides is 1. The van der Waals surface area contributed by atoms with E-state index in [9.17, 15) is 10.1 Å². The zero-order chi connectivity index (χ0) is 15.5. The minimum Gasteiger partial charge on any atom is -0.493 e. The fraction of sp³-hybridized carbons (Fsp3) is 0.529. The van der Waals surface area contributed by atoms with Gasteiger partial charge in [-0.3, -0.25) is 4.79 Å². The maximum absolute atomic E-state index is 12.2. The van der Waals surface area contributed by atoms with E-state index in [-0.39, 0.29) is 5.91 Å². The van der Waals surface area contributed by atoms with Gasteiger partial charge in [-0.05, 0) is 36.5 Å². The largest absolute Gasteiger partial charge is 0.493 e. The first kappa shape index (κ1) is 15.4. The molecule has 1 aliphatic rings. The van der Waals surface area contributed by atoms with Gasteiger partial charge in [0.2, 0.25) is 5.91 Å². The number of fused-ring (bicyclic) bond motifs is 1. The molecule has 1 aromatic carbocycles. The lowest BCUT2D eigenvalue weighted by molar-refractivity contribution is -0.121. The molecule has 0 radical (unpaired) electrons. The van der Waals surface area contributed by atoms with Crippen LogP contribution < -0.4 is 10.1 Å². The van der Waals surface area contributed by atoms with E-state index < -0.39 is 5.54 Å². The average Bonchev–Trinajstić information content (AvgIpc) is 2.84. The Balaban J connectivity index is 2.00. The van der Waals surface area contributed by atoms with Crippen molar-refractivity contribution in [3.05, 3.63) is 29.3 Å². The molecule has 2 rings (SSSR count). The van der Waals surface area contributed by atoms with Crippen LogP contribution in [0.5, 0.6) is 5.75 Å². The molecule has 0 saturated carbocycles. The number of hydrogen-bond donors (Lipinski definition) is 1. The number of ether oxygens (including phenoxy) is 1. The van der Waals surface area contributed by atoms with Gasteiger partial charge in [0.05, 0.1) is 19.1 Å². The van der Waals surface area contributed by atoms with Crippen molar-refractivity contribution >= 4 is 5.91 Å². The van der Waals surface area contributed by atoms with Crippen LogP contribution in [0, 0.1) is 17.2 Å². The fourth-order valence-corrected chi connectivity index (χ4v) is 2.83. The Morgan fingerprint density at radius 1 is 1.52 bits per heavy atom. The summed E-state index contributed by atoms with van der Waals surface area (Å²) >= 11 is 0. The van der Waals surface area contributed by atoms with Crippen LogP contribution in [0.1, 0.15) is 38.3 Å². The van der Waals surface area contributed by atoms with Crippen molar-refractivity contribution in [2.24, 2.45) is 5.92 Å². The Kier molecular flexibility index (Phi) is 4.52. The smallest absolute Gasteiger partial charge is 0.225 e. The topological polar surface area (TPSA) is 62.1 Å². The molecule has 21 heavy (non-hydrogen) atoms. The van der Waals surface area contributed by atoms with Crippen LogP contribution in [0.4, 0.5) is 0 Å². The van der Waals surface area contributed by atoms with E-state index in [1.165, 1.54) is 0 Å². The summed E-state index contributed by atoms with van der Waals surface area (Å²) in [4.78, 5) is 12.2. The van der Waals surface area contributed by atoms with Crippen molar-refractivity contribution in [2.75, 3.05) is 6.61 Å². The first-order valence-corrected chi connectivity index (χ1v) is 7.39. The molecule has 0 aliphatic carbocycles. The summed E-state index contributed by atoms with van der Waals surface area (Å²) in [6, 6.07) is 8.07. The Morgan fingerprint density at radius 2 is 2.29 bits per heavy atom. The number of nitrogens with zero attached hydrogens (tertiary/aromatic N) is 1. The van der Waals surface area contributed by atoms with E-state index >= 15 is 0 Å². The van der Waals surface area contributed by atoms with Crippen LogP contribution in [-0.4, -0.2) is 18.1 Å². The lowest BCUT2D eigenvalue weighted by Gasteiger charge is -2.25. The maximum atomic E-state index is 12.2. The molecule has 1 aromatic rings. The van der Waals surface area contributed by atoms with Crippen molar-refractivity contribution in [3.63, 3.8) is 0 Å². The lowest BCUT2D eigenvalue weighted by Crippen LogP contribution is -2.46. The van der Waals surface area contributed by atoms with Crippen molar-refractivity contribution < 1.29 is 9.53 Å². The second-order valence-electron chi connectivity index (χ2n) is 6.31. The molecule has 1 amide bonds. The van der Waals surface area contributed by atoms with Gasteiger partial charge in [0, 0.05) is 6.42 Å². The molecule has 4 nitrogen and oxygen atoms in total. The number of rotatable bonds is 5. The van der Waals surface area contributed by atoms with Gasteiger partial charge in [-0.1, -0.05) is 26.0 Å². The number of hydrogen-bond acceptors (Lipinski definition) is 3. The highest BCUT2D eigenvalue weighted by Gasteiger charge is 2.27. The number of benzene rings is 1. The highest BCUT2D eigenvalue weighted by molar-refractivity contribution is 5.79. The molecule has 112 valence electrons. The van der Waals surface area contributed by atoms with Crippen LogP contribution in [0.3, 0.4) is 0 Å². The summed E-state index contributed by atoms with van der Waals surface area (Å²) in [6.45, 7) is 6.58. The van der Waals surface area contributed by atoms with Gasteiger partial charge in [-0.15, -0.1) is 0 Å². The summed E-state index contributed by atoms with van der Waals surface area (Å²) in [5.74, 6) is 1.16. The number of carbonyl (C=O) groups is 1. The Labute approximate surface area is 126 Å². The quantitative estimate of drug-likeness (QED) is 0.905. The first-order chi connectivity index (χ1) is 9.92. The monoisotopic (exact) mass is 286 g/mol. The van der Waals surface area contributed by atoms with E-state index in [1.54, 1.807) is 6.92 Å². The SMILES string of the molecule is CC(C)CC(C)(C#N)NC(=O)Cc1ccc2c(c1)CCO2. The molecule has 1 aliphatic heterocycles. The van der Waals surface area contributed by atoms with Crippen LogP contribution in [0.2, 0.25) is 0 Å². The Bertz CT molecular complexity index is 575. The fourth-order valence-electron chi connectivity index (χ4n) is 2.83. The molecule has 0 bridgehead atoms. The van der Waals surface area contributed by atoms with Gasteiger partial charge in [0.15, 0.2) is 0 Å². The Hall–Kier alpha value is -2.02. The van der Waals surface area contributed by atoms with Gasteiger partial charge >= 0.3 is 0 Å². The molecule has 0 aromatic heterocycles. The van der Waals surface area contributed by atoms with E-state index in [2.05, 4.69) is 11.4 Å². The molecule has 0 saturated heterocycles. The molecular formula is C17H22N2O2. The lowest BCUT2D eigenvalue weighted by atomic mass is 9.92.